The second-order valence-electron chi connectivity index (χ2n) is 10.6. The van der Waals surface area contributed by atoms with Crippen molar-refractivity contribution < 1.29 is 39.7 Å². The maximum Gasteiger partial charge on any atom is 0.374 e. The van der Waals surface area contributed by atoms with E-state index < -0.39 is 31.7 Å². The van der Waals surface area contributed by atoms with Crippen LogP contribution in [-0.2, 0) is 26.8 Å². The summed E-state index contributed by atoms with van der Waals surface area (Å²) in [6.45, 7) is 2.60. The van der Waals surface area contributed by atoms with Gasteiger partial charge in [0.1, 0.15) is 0 Å². The third-order valence-electron chi connectivity index (χ3n) is 7.36. The lowest BCUT2D eigenvalue weighted by Crippen LogP contribution is -2.36. The molecular formula is C32H32ClN2O8S2-. The van der Waals surface area contributed by atoms with E-state index in [0.717, 1.165) is 27.9 Å². The van der Waals surface area contributed by atoms with Gasteiger partial charge in [-0.15, -0.1) is 0 Å². The summed E-state index contributed by atoms with van der Waals surface area (Å²) < 4.78 is 81.7. The number of aromatic nitrogens is 1. The molecule has 5 rings (SSSR count). The van der Waals surface area contributed by atoms with Gasteiger partial charge in [-0.05, 0) is 60.2 Å². The van der Waals surface area contributed by atoms with E-state index >= 15 is 0 Å². The summed E-state index contributed by atoms with van der Waals surface area (Å²) in [5.41, 5.74) is 4.87. The maximum absolute atomic E-state index is 11.4. The number of fused-ring (bicyclic) bond motifs is 2. The Morgan fingerprint density at radius 1 is 0.911 bits per heavy atom. The third kappa shape index (κ3) is 8.53. The van der Waals surface area contributed by atoms with Crippen molar-refractivity contribution in [3.63, 3.8) is 0 Å². The molecule has 13 heteroatoms. The van der Waals surface area contributed by atoms with Gasteiger partial charge in [-0.1, -0.05) is 54.9 Å². The molecular weight excluding hydrogens is 640 g/mol. The highest BCUT2D eigenvalue weighted by atomic mass is 35.5. The Labute approximate surface area is 267 Å². The molecule has 0 atom stereocenters. The number of ether oxygens (including phenoxy) is 1. The summed E-state index contributed by atoms with van der Waals surface area (Å²) in [7, 11) is -8.71. The van der Waals surface area contributed by atoms with Gasteiger partial charge in [0.05, 0.1) is 32.0 Å². The Hall–Kier alpha value is -3.68. The van der Waals surface area contributed by atoms with E-state index in [1.54, 1.807) is 18.2 Å². The number of hydrogen-bond acceptors (Lipinski definition) is 9. The molecule has 0 amide bonds. The van der Waals surface area contributed by atoms with E-state index in [2.05, 4.69) is 0 Å². The van der Waals surface area contributed by atoms with Gasteiger partial charge in [-0.25, -0.2) is 16.8 Å². The fraction of sp³-hybridized carbons (Fsp3) is 0.281. The molecule has 10 nitrogen and oxygen atoms in total. The van der Waals surface area contributed by atoms with Gasteiger partial charge in [-0.3, -0.25) is 0 Å². The molecule has 0 radical (unpaired) electrons. The lowest BCUT2D eigenvalue weighted by atomic mass is 10.1. The molecule has 1 aromatic heterocycles. The molecule has 1 aliphatic heterocycles. The van der Waals surface area contributed by atoms with Crippen molar-refractivity contribution in [1.82, 2.24) is 0 Å². The predicted molar refractivity (Wildman–Crippen MR) is 171 cm³/mol. The zero-order valence-electron chi connectivity index (χ0n) is 24.5. The van der Waals surface area contributed by atoms with Crippen LogP contribution in [0.4, 0.5) is 5.69 Å². The van der Waals surface area contributed by atoms with Crippen molar-refractivity contribution >= 4 is 54.7 Å². The molecule has 0 unspecified atom stereocenters. The standard InChI is InChI=1S/C32H33ClN2O8S2/c1-2-23(19-31-34(15-6-7-17-44(36,37)38)28-22-26(33)12-14-30(28)43-31)20-32-35(16-8-18-45(39,40)41)27-21-25(11-13-29(27)42-32)24-9-4-3-5-10-24/h3-5,9-14,19-22H,2,6-8,15-18H2,1H3,(H-,36,37,38,39,40,41)/p-1. The summed E-state index contributed by atoms with van der Waals surface area (Å²) in [5, 5.41) is 0.510. The minimum atomic E-state index is -4.39. The smallest absolute Gasteiger partial charge is 0.374 e. The molecule has 0 fully saturated rings. The van der Waals surface area contributed by atoms with Crippen molar-refractivity contribution in [3.05, 3.63) is 95.2 Å². The summed E-state index contributed by atoms with van der Waals surface area (Å²) in [4.78, 5) is 1.89. The van der Waals surface area contributed by atoms with Crippen LogP contribution < -0.4 is 14.2 Å². The van der Waals surface area contributed by atoms with Crippen LogP contribution in [0.5, 0.6) is 5.75 Å². The summed E-state index contributed by atoms with van der Waals surface area (Å²) in [6, 6.07) is 20.9. The lowest BCUT2D eigenvalue weighted by Gasteiger charge is -2.19. The lowest BCUT2D eigenvalue weighted by molar-refractivity contribution is -0.677. The van der Waals surface area contributed by atoms with Crippen LogP contribution >= 0.6 is 11.6 Å². The number of hydrogen-bond donors (Lipinski definition) is 0. The Morgan fingerprint density at radius 3 is 2.36 bits per heavy atom. The Kier molecular flexibility index (Phi) is 10.00. The monoisotopic (exact) mass is 671 g/mol. The second kappa shape index (κ2) is 13.8. The summed E-state index contributed by atoms with van der Waals surface area (Å²) >= 11 is 6.27. The van der Waals surface area contributed by atoms with Gasteiger partial charge in [0.2, 0.25) is 11.5 Å². The molecule has 4 aromatic rings. The van der Waals surface area contributed by atoms with E-state index in [4.69, 9.17) is 20.8 Å². The van der Waals surface area contributed by atoms with Crippen LogP contribution in [0.1, 0.15) is 38.5 Å². The fourth-order valence-corrected chi connectivity index (χ4v) is 6.38. The third-order valence-corrected chi connectivity index (χ3v) is 9.17. The number of allylic oxidation sites excluding steroid dienone is 2. The molecule has 0 saturated heterocycles. The molecule has 0 aliphatic carbocycles. The first-order valence-electron chi connectivity index (χ1n) is 14.5. The first-order chi connectivity index (χ1) is 21.4. The van der Waals surface area contributed by atoms with Crippen LogP contribution in [0.25, 0.3) is 28.3 Å². The Morgan fingerprint density at radius 2 is 1.64 bits per heavy atom. The van der Waals surface area contributed by atoms with Gasteiger partial charge >= 0.3 is 5.89 Å². The second-order valence-corrected chi connectivity index (χ2v) is 14.1. The molecule has 3 aromatic carbocycles. The van der Waals surface area contributed by atoms with Crippen molar-refractivity contribution in [3.8, 4) is 16.9 Å². The average Bonchev–Trinajstić information content (AvgIpc) is 3.50. The van der Waals surface area contributed by atoms with Crippen LogP contribution in [0.2, 0.25) is 5.02 Å². The van der Waals surface area contributed by atoms with Crippen molar-refractivity contribution in [2.75, 3.05) is 23.0 Å². The minimum absolute atomic E-state index is 0.107. The van der Waals surface area contributed by atoms with E-state index in [1.807, 2.05) is 77.1 Å². The number of anilines is 1. The fourth-order valence-electron chi connectivity index (χ4n) is 5.17. The van der Waals surface area contributed by atoms with Gasteiger partial charge in [-0.2, -0.15) is 4.57 Å². The van der Waals surface area contributed by atoms with Crippen LogP contribution in [0.15, 0.2) is 88.7 Å². The topological polar surface area (TPSA) is 144 Å². The summed E-state index contributed by atoms with van der Waals surface area (Å²) in [5.74, 6) is 0.601. The zero-order chi connectivity index (χ0) is 32.2. The van der Waals surface area contributed by atoms with E-state index in [9.17, 15) is 25.9 Å². The molecule has 0 spiro atoms. The van der Waals surface area contributed by atoms with Crippen molar-refractivity contribution in [2.24, 2.45) is 0 Å². The molecule has 0 saturated carbocycles. The molecule has 0 N–H and O–H groups in total. The van der Waals surface area contributed by atoms with E-state index in [-0.39, 0.29) is 19.4 Å². The molecule has 45 heavy (non-hydrogen) atoms. The van der Waals surface area contributed by atoms with Gasteiger partial charge < -0.3 is 23.2 Å². The number of halogens is 1. The minimum Gasteiger partial charge on any atom is -0.748 e. The van der Waals surface area contributed by atoms with Crippen molar-refractivity contribution in [1.29, 1.82) is 0 Å². The van der Waals surface area contributed by atoms with Crippen molar-refractivity contribution in [2.45, 2.75) is 39.2 Å². The zero-order valence-corrected chi connectivity index (χ0v) is 26.9. The number of unbranched alkanes of at least 4 members (excludes halogenated alkanes) is 1. The molecule has 0 bridgehead atoms. The Bertz CT molecular complexity index is 1970. The predicted octanol–water partition coefficient (Wildman–Crippen LogP) is 5.84. The number of benzene rings is 3. The first-order valence-corrected chi connectivity index (χ1v) is 18.0. The van der Waals surface area contributed by atoms with Crippen LogP contribution in [0, 0.1) is 0 Å². The Balaban J connectivity index is 1.51. The van der Waals surface area contributed by atoms with Gasteiger partial charge in [0.15, 0.2) is 12.3 Å². The number of aryl methyl sites for hydroxylation is 1. The maximum atomic E-state index is 11.4. The van der Waals surface area contributed by atoms with E-state index in [0.29, 0.717) is 47.5 Å². The molecule has 1 aliphatic rings. The van der Waals surface area contributed by atoms with E-state index in [1.165, 1.54) is 0 Å². The first kappa shape index (κ1) is 32.7. The molecule has 2 heterocycles. The quantitative estimate of drug-likeness (QED) is 0.0973. The average molecular weight is 672 g/mol. The number of rotatable bonds is 13. The highest BCUT2D eigenvalue weighted by Crippen LogP contribution is 2.41. The largest absolute Gasteiger partial charge is 0.748 e. The SMILES string of the molecule is CCC(=Cc1oc2ccc(-c3ccccc3)cc2[n+]1CCCS(=O)(=O)[O-])C=C1Oc2ccc(Cl)cc2N1CCCCS(=O)(=O)[O-]. The highest BCUT2D eigenvalue weighted by Gasteiger charge is 2.27. The van der Waals surface area contributed by atoms with Crippen LogP contribution in [0.3, 0.4) is 0 Å². The number of nitrogens with zero attached hydrogens (tertiary/aromatic N) is 2. The number of oxazole rings is 1. The van der Waals surface area contributed by atoms with Gasteiger partial charge in [0, 0.05) is 41.6 Å². The summed E-state index contributed by atoms with van der Waals surface area (Å²) in [6.07, 6.45) is 5.01. The van der Waals surface area contributed by atoms with Gasteiger partial charge in [0.25, 0.3) is 5.52 Å². The van der Waals surface area contributed by atoms with Crippen LogP contribution in [-0.4, -0.2) is 44.0 Å². The highest BCUT2D eigenvalue weighted by molar-refractivity contribution is 7.85. The molecule has 238 valence electrons. The normalized spacial score (nSPS) is 14.7.